The second-order valence-corrected chi connectivity index (χ2v) is 12.2. The molecule has 1 fully saturated rings. The zero-order valence-corrected chi connectivity index (χ0v) is 25.6. The van der Waals surface area contributed by atoms with Crippen molar-refractivity contribution < 1.29 is 4.39 Å². The topological polar surface area (TPSA) is 108 Å². The normalized spacial score (nSPS) is 15.0. The van der Waals surface area contributed by atoms with Gasteiger partial charge in [0.2, 0.25) is 0 Å². The van der Waals surface area contributed by atoms with Crippen LogP contribution in [0.3, 0.4) is 0 Å². The molecular weight excluding hydrogens is 608 g/mol. The molecule has 0 aliphatic carbocycles. The summed E-state index contributed by atoms with van der Waals surface area (Å²) in [5.74, 6) is -0.533. The zero-order valence-electron chi connectivity index (χ0n) is 23.3. The Balaban J connectivity index is 1.33. The van der Waals surface area contributed by atoms with Gasteiger partial charge in [0.1, 0.15) is 23.6 Å². The van der Waals surface area contributed by atoms with Crippen molar-refractivity contribution in [2.75, 3.05) is 30.3 Å². The predicted octanol–water partition coefficient (Wildman–Crippen LogP) is 7.59. The first-order valence-electron chi connectivity index (χ1n) is 14.0. The first-order valence-corrected chi connectivity index (χ1v) is 15.6. The molecule has 43 heavy (non-hydrogen) atoms. The van der Waals surface area contributed by atoms with Crippen LogP contribution >= 0.6 is 34.5 Å². The number of fused-ring (bicyclic) bond motifs is 1. The summed E-state index contributed by atoms with van der Waals surface area (Å²) in [7, 11) is 0. The first kappa shape index (κ1) is 29.3. The summed E-state index contributed by atoms with van der Waals surface area (Å²) in [5, 5.41) is 26.7. The van der Waals surface area contributed by atoms with Crippen LogP contribution in [0.15, 0.2) is 54.4 Å². The highest BCUT2D eigenvalue weighted by Crippen LogP contribution is 2.37. The van der Waals surface area contributed by atoms with Crippen LogP contribution in [-0.2, 0) is 0 Å². The fourth-order valence-electron chi connectivity index (χ4n) is 5.43. The van der Waals surface area contributed by atoms with Crippen LogP contribution in [0.1, 0.15) is 54.4 Å². The van der Waals surface area contributed by atoms with Crippen molar-refractivity contribution in [3.8, 4) is 6.07 Å². The molecule has 3 aromatic heterocycles. The minimum atomic E-state index is -0.533. The molecule has 2 N–H and O–H groups in total. The van der Waals surface area contributed by atoms with E-state index in [1.54, 1.807) is 17.6 Å². The van der Waals surface area contributed by atoms with E-state index in [0.717, 1.165) is 49.5 Å². The minimum Gasteiger partial charge on any atom is -0.372 e. The standard InChI is InChI=1S/C30H28Cl2FN9S/c1-2-7-41-8-5-21(6-9-41)42-16-26(39-40-42)30(27-15-35-17-43-27)38-20-10-22-28(37-19-3-4-25(33)23(31)11-19)18(13-34)14-36-29(22)24(32)12-20/h3-4,10-12,14-17,21,30,38H,2,5-9H2,1H3,(H,36,37). The van der Waals surface area contributed by atoms with Gasteiger partial charge in [0.05, 0.1) is 49.4 Å². The quantitative estimate of drug-likeness (QED) is 0.170. The molecule has 0 bridgehead atoms. The molecule has 6 rings (SSSR count). The van der Waals surface area contributed by atoms with Gasteiger partial charge >= 0.3 is 0 Å². The van der Waals surface area contributed by atoms with Gasteiger partial charge in [-0.3, -0.25) is 9.97 Å². The molecule has 1 aliphatic rings. The number of nitrogens with one attached hydrogen (secondary N) is 2. The van der Waals surface area contributed by atoms with E-state index in [4.69, 9.17) is 23.2 Å². The number of benzene rings is 2. The highest BCUT2D eigenvalue weighted by atomic mass is 35.5. The third-order valence-electron chi connectivity index (χ3n) is 7.58. The molecule has 1 aliphatic heterocycles. The average molecular weight is 637 g/mol. The highest BCUT2D eigenvalue weighted by Gasteiger charge is 2.25. The summed E-state index contributed by atoms with van der Waals surface area (Å²) in [6, 6.07) is 10.1. The molecule has 5 aromatic rings. The second-order valence-electron chi connectivity index (χ2n) is 10.4. The van der Waals surface area contributed by atoms with Crippen LogP contribution in [0.2, 0.25) is 10.0 Å². The molecule has 1 unspecified atom stereocenters. The van der Waals surface area contributed by atoms with Crippen molar-refractivity contribution >= 4 is 62.5 Å². The lowest BCUT2D eigenvalue weighted by molar-refractivity contribution is 0.179. The maximum atomic E-state index is 13.8. The lowest BCUT2D eigenvalue weighted by atomic mass is 10.0. The number of likely N-dealkylation sites (tertiary alicyclic amines) is 1. The van der Waals surface area contributed by atoms with Gasteiger partial charge < -0.3 is 15.5 Å². The number of nitriles is 1. The third-order valence-corrected chi connectivity index (χ3v) is 8.99. The Hall–Kier alpha value is -3.82. The molecule has 9 nitrogen and oxygen atoms in total. The number of rotatable bonds is 9. The van der Waals surface area contributed by atoms with Crippen LogP contribution in [0.25, 0.3) is 10.9 Å². The predicted molar refractivity (Wildman–Crippen MR) is 169 cm³/mol. The number of nitrogens with zero attached hydrogens (tertiary/aromatic N) is 7. The molecule has 0 spiro atoms. The molecule has 2 aromatic carbocycles. The molecule has 1 saturated heterocycles. The van der Waals surface area contributed by atoms with E-state index >= 15 is 0 Å². The zero-order chi connectivity index (χ0) is 29.9. The van der Waals surface area contributed by atoms with E-state index in [-0.39, 0.29) is 11.1 Å². The second kappa shape index (κ2) is 12.8. The summed E-state index contributed by atoms with van der Waals surface area (Å²) in [5.41, 5.74) is 5.05. The van der Waals surface area contributed by atoms with E-state index in [1.165, 1.54) is 29.7 Å². The third kappa shape index (κ3) is 6.28. The largest absolute Gasteiger partial charge is 0.372 e. The molecular formula is C30H28Cl2FN9S. The van der Waals surface area contributed by atoms with Gasteiger partial charge in [-0.15, -0.1) is 16.4 Å². The van der Waals surface area contributed by atoms with Crippen molar-refractivity contribution in [1.82, 2.24) is 29.9 Å². The number of halogens is 3. The number of pyridine rings is 1. The van der Waals surface area contributed by atoms with Crippen molar-refractivity contribution in [3.05, 3.63) is 86.4 Å². The molecule has 0 saturated carbocycles. The summed E-state index contributed by atoms with van der Waals surface area (Å²) < 4.78 is 15.8. The average Bonchev–Trinajstić information content (AvgIpc) is 3.72. The van der Waals surface area contributed by atoms with E-state index in [9.17, 15) is 9.65 Å². The highest BCUT2D eigenvalue weighted by molar-refractivity contribution is 7.09. The van der Waals surface area contributed by atoms with E-state index < -0.39 is 5.82 Å². The maximum absolute atomic E-state index is 13.8. The van der Waals surface area contributed by atoms with Crippen molar-refractivity contribution in [2.24, 2.45) is 0 Å². The lowest BCUT2D eigenvalue weighted by Gasteiger charge is -2.31. The van der Waals surface area contributed by atoms with E-state index in [0.29, 0.717) is 44.6 Å². The van der Waals surface area contributed by atoms with Gasteiger partial charge in [0.25, 0.3) is 0 Å². The maximum Gasteiger partial charge on any atom is 0.141 e. The van der Waals surface area contributed by atoms with E-state index in [2.05, 4.69) is 48.8 Å². The summed E-state index contributed by atoms with van der Waals surface area (Å²) in [6.45, 7) is 5.45. The SMILES string of the molecule is CCCN1CCC(n2cc(C(Nc3cc(Cl)c4ncc(C#N)c(Nc5ccc(F)c(Cl)c5)c4c3)c3cncs3)nn2)CC1. The fraction of sp³-hybridized carbons (Fsp3) is 0.300. The van der Waals surface area contributed by atoms with Gasteiger partial charge in [-0.05, 0) is 56.1 Å². The van der Waals surface area contributed by atoms with Crippen LogP contribution < -0.4 is 10.6 Å². The summed E-state index contributed by atoms with van der Waals surface area (Å²) >= 11 is 14.3. The van der Waals surface area contributed by atoms with Crippen LogP contribution in [0.5, 0.6) is 0 Å². The van der Waals surface area contributed by atoms with Crippen molar-refractivity contribution in [3.63, 3.8) is 0 Å². The minimum absolute atomic E-state index is 0.0331. The molecule has 220 valence electrons. The van der Waals surface area contributed by atoms with E-state index in [1.807, 2.05) is 23.1 Å². The van der Waals surface area contributed by atoms with Gasteiger partial charge in [0.15, 0.2) is 0 Å². The Kier molecular flexibility index (Phi) is 8.72. The van der Waals surface area contributed by atoms with Gasteiger partial charge in [-0.25, -0.2) is 9.07 Å². The van der Waals surface area contributed by atoms with Gasteiger partial charge in [-0.1, -0.05) is 35.3 Å². The van der Waals surface area contributed by atoms with Gasteiger partial charge in [0, 0.05) is 42.2 Å². The van der Waals surface area contributed by atoms with Gasteiger partial charge in [-0.2, -0.15) is 5.26 Å². The molecule has 1 atom stereocenters. The Morgan fingerprint density at radius 1 is 1.14 bits per heavy atom. The Morgan fingerprint density at radius 2 is 1.95 bits per heavy atom. The summed E-state index contributed by atoms with van der Waals surface area (Å²) in [6.07, 6.45) is 8.51. The summed E-state index contributed by atoms with van der Waals surface area (Å²) in [4.78, 5) is 12.2. The first-order chi connectivity index (χ1) is 20.9. The number of hydrogen-bond acceptors (Lipinski definition) is 9. The number of piperidine rings is 1. The number of thiazole rings is 1. The monoisotopic (exact) mass is 635 g/mol. The van der Waals surface area contributed by atoms with Crippen molar-refractivity contribution in [1.29, 1.82) is 5.26 Å². The molecule has 13 heteroatoms. The number of anilines is 3. The smallest absolute Gasteiger partial charge is 0.141 e. The van der Waals surface area contributed by atoms with Crippen LogP contribution in [-0.4, -0.2) is 49.5 Å². The Morgan fingerprint density at radius 3 is 2.67 bits per heavy atom. The molecule has 4 heterocycles. The Labute approximate surface area is 262 Å². The lowest BCUT2D eigenvalue weighted by Crippen LogP contribution is -2.35. The fourth-order valence-corrected chi connectivity index (χ4v) is 6.56. The number of hydrogen-bond donors (Lipinski definition) is 2. The molecule has 0 amide bonds. The van der Waals surface area contributed by atoms with Crippen LogP contribution in [0.4, 0.5) is 21.5 Å². The Bertz CT molecular complexity index is 1780. The van der Waals surface area contributed by atoms with Crippen LogP contribution in [0, 0.1) is 17.1 Å². The molecule has 0 radical (unpaired) electrons. The van der Waals surface area contributed by atoms with Crippen molar-refractivity contribution in [2.45, 2.75) is 38.3 Å². The number of aromatic nitrogens is 5.